The monoisotopic (exact) mass is 464 g/mol. The van der Waals surface area contributed by atoms with Crippen LogP contribution in [0.2, 0.25) is 5.02 Å². The number of carbonyl (C=O) groups excluding carboxylic acids is 1. The van der Waals surface area contributed by atoms with Gasteiger partial charge in [0.25, 0.3) is 5.91 Å². The van der Waals surface area contributed by atoms with Crippen LogP contribution in [-0.2, 0) is 13.6 Å². The molecule has 0 bridgehead atoms. The predicted octanol–water partition coefficient (Wildman–Crippen LogP) is 3.73. The van der Waals surface area contributed by atoms with E-state index in [9.17, 15) is 9.18 Å². The van der Waals surface area contributed by atoms with Gasteiger partial charge in [-0.3, -0.25) is 14.2 Å². The molecule has 166 valence electrons. The Hall–Kier alpha value is -4.05. The molecule has 0 aliphatic carbocycles. The van der Waals surface area contributed by atoms with Crippen LogP contribution in [0, 0.1) is 12.7 Å². The van der Waals surface area contributed by atoms with E-state index in [-0.39, 0.29) is 22.4 Å². The fraction of sp³-hybridized carbons (Fsp3) is 0.136. The maximum absolute atomic E-state index is 13.1. The lowest BCUT2D eigenvalue weighted by atomic mass is 10.2. The molecule has 11 heteroatoms. The van der Waals surface area contributed by atoms with Gasteiger partial charge in [-0.05, 0) is 30.7 Å². The molecule has 0 radical (unpaired) electrons. The SMILES string of the molecule is Cc1c(-c2ccnc3cc(C(=O)Nc4nn(Cc5ccc(F)cc5)cc4Cl)nn23)cnn1C. The molecule has 33 heavy (non-hydrogen) atoms. The van der Waals surface area contributed by atoms with Gasteiger partial charge in [0.15, 0.2) is 17.2 Å². The zero-order valence-electron chi connectivity index (χ0n) is 17.7. The third-order valence-electron chi connectivity index (χ3n) is 5.31. The first-order valence-corrected chi connectivity index (χ1v) is 10.4. The third kappa shape index (κ3) is 3.96. The fourth-order valence-corrected chi connectivity index (χ4v) is 3.67. The summed E-state index contributed by atoms with van der Waals surface area (Å²) in [6, 6.07) is 9.49. The highest BCUT2D eigenvalue weighted by molar-refractivity contribution is 6.33. The normalized spacial score (nSPS) is 11.3. The molecule has 4 heterocycles. The van der Waals surface area contributed by atoms with E-state index in [1.165, 1.54) is 12.1 Å². The molecule has 0 saturated heterocycles. The van der Waals surface area contributed by atoms with Gasteiger partial charge in [0.1, 0.15) is 10.8 Å². The quantitative estimate of drug-likeness (QED) is 0.427. The molecule has 9 nitrogen and oxygen atoms in total. The number of fused-ring (bicyclic) bond motifs is 1. The van der Waals surface area contributed by atoms with Crippen molar-refractivity contribution in [2.75, 3.05) is 5.32 Å². The maximum atomic E-state index is 13.1. The van der Waals surface area contributed by atoms with Gasteiger partial charge in [-0.2, -0.15) is 15.3 Å². The predicted molar refractivity (Wildman–Crippen MR) is 121 cm³/mol. The van der Waals surface area contributed by atoms with Crippen LogP contribution in [0.25, 0.3) is 16.9 Å². The number of hydrogen-bond donors (Lipinski definition) is 1. The lowest BCUT2D eigenvalue weighted by molar-refractivity contribution is 0.102. The summed E-state index contributed by atoms with van der Waals surface area (Å²) in [6.45, 7) is 2.33. The van der Waals surface area contributed by atoms with Crippen molar-refractivity contribution in [1.29, 1.82) is 0 Å². The number of rotatable bonds is 5. The standard InChI is InChI=1S/C22H18ClFN8O/c1-13-16(10-26-30(13)2)19-7-8-25-20-9-18(28-32(19)20)22(33)27-21-17(23)12-31(29-21)11-14-3-5-15(24)6-4-14/h3-10,12H,11H2,1-2H3,(H,27,29,33). The van der Waals surface area contributed by atoms with Gasteiger partial charge in [0, 0.05) is 36.8 Å². The van der Waals surface area contributed by atoms with Crippen LogP contribution >= 0.6 is 11.6 Å². The number of nitrogens with zero attached hydrogens (tertiary/aromatic N) is 7. The summed E-state index contributed by atoms with van der Waals surface area (Å²) in [5.41, 5.74) is 4.16. The van der Waals surface area contributed by atoms with Crippen molar-refractivity contribution in [2.24, 2.45) is 7.05 Å². The second-order valence-corrected chi connectivity index (χ2v) is 7.91. The minimum absolute atomic E-state index is 0.167. The van der Waals surface area contributed by atoms with Crippen molar-refractivity contribution >= 4 is 29.0 Å². The molecule has 0 aliphatic heterocycles. The Labute approximate surface area is 192 Å². The number of aromatic nitrogens is 7. The number of hydrogen-bond acceptors (Lipinski definition) is 5. The van der Waals surface area contributed by atoms with E-state index >= 15 is 0 Å². The molecule has 0 saturated carbocycles. The summed E-state index contributed by atoms with van der Waals surface area (Å²) in [7, 11) is 1.86. The Morgan fingerprint density at radius 2 is 1.97 bits per heavy atom. The van der Waals surface area contributed by atoms with Crippen molar-refractivity contribution in [3.8, 4) is 11.3 Å². The van der Waals surface area contributed by atoms with Crippen LogP contribution in [0.5, 0.6) is 0 Å². The second kappa shape index (κ2) is 8.14. The molecule has 0 spiro atoms. The molecule has 1 aromatic carbocycles. The van der Waals surface area contributed by atoms with Gasteiger partial charge in [-0.1, -0.05) is 23.7 Å². The average Bonchev–Trinajstić information content (AvgIpc) is 3.47. The summed E-state index contributed by atoms with van der Waals surface area (Å²) in [6.07, 6.45) is 5.00. The van der Waals surface area contributed by atoms with E-state index < -0.39 is 5.91 Å². The molecule has 1 amide bonds. The van der Waals surface area contributed by atoms with Crippen LogP contribution in [0.15, 0.2) is 55.0 Å². The van der Waals surface area contributed by atoms with Crippen molar-refractivity contribution in [1.82, 2.24) is 34.2 Å². The van der Waals surface area contributed by atoms with Gasteiger partial charge in [0.2, 0.25) is 0 Å². The molecule has 0 unspecified atom stereocenters. The molecule has 4 aromatic heterocycles. The van der Waals surface area contributed by atoms with Crippen molar-refractivity contribution < 1.29 is 9.18 Å². The highest BCUT2D eigenvalue weighted by Crippen LogP contribution is 2.24. The minimum Gasteiger partial charge on any atom is -0.302 e. The number of carbonyl (C=O) groups is 1. The lowest BCUT2D eigenvalue weighted by Crippen LogP contribution is -2.14. The Kier molecular flexibility index (Phi) is 5.14. The first-order valence-electron chi connectivity index (χ1n) is 10.0. The first kappa shape index (κ1) is 20.8. The van der Waals surface area contributed by atoms with Crippen LogP contribution in [0.3, 0.4) is 0 Å². The Morgan fingerprint density at radius 1 is 1.18 bits per heavy atom. The molecular weight excluding hydrogens is 447 g/mol. The summed E-state index contributed by atoms with van der Waals surface area (Å²) >= 11 is 6.27. The number of amides is 1. The van der Waals surface area contributed by atoms with Gasteiger partial charge < -0.3 is 5.32 Å². The smallest absolute Gasteiger partial charge is 0.277 e. The van der Waals surface area contributed by atoms with E-state index in [1.807, 2.05) is 20.0 Å². The molecule has 5 aromatic rings. The van der Waals surface area contributed by atoms with Crippen molar-refractivity contribution in [2.45, 2.75) is 13.5 Å². The van der Waals surface area contributed by atoms with Crippen molar-refractivity contribution in [3.63, 3.8) is 0 Å². The molecule has 0 aliphatic rings. The summed E-state index contributed by atoms with van der Waals surface area (Å²) in [4.78, 5) is 17.2. The van der Waals surface area contributed by atoms with Crippen LogP contribution < -0.4 is 5.32 Å². The fourth-order valence-electron chi connectivity index (χ4n) is 3.47. The van der Waals surface area contributed by atoms with Gasteiger partial charge >= 0.3 is 0 Å². The highest BCUT2D eigenvalue weighted by Gasteiger charge is 2.18. The molecule has 5 rings (SSSR count). The van der Waals surface area contributed by atoms with Crippen LogP contribution in [-0.4, -0.2) is 40.1 Å². The van der Waals surface area contributed by atoms with Gasteiger partial charge in [-0.25, -0.2) is 13.9 Å². The van der Waals surface area contributed by atoms with Crippen LogP contribution in [0.1, 0.15) is 21.7 Å². The molecular formula is C22H18ClFN8O. The Balaban J connectivity index is 1.40. The zero-order valence-corrected chi connectivity index (χ0v) is 18.5. The Morgan fingerprint density at radius 3 is 2.70 bits per heavy atom. The largest absolute Gasteiger partial charge is 0.302 e. The van der Waals surface area contributed by atoms with E-state index in [0.717, 1.165) is 22.5 Å². The minimum atomic E-state index is -0.469. The second-order valence-electron chi connectivity index (χ2n) is 7.50. The van der Waals surface area contributed by atoms with Crippen LogP contribution in [0.4, 0.5) is 10.2 Å². The topological polar surface area (TPSA) is 94.9 Å². The number of anilines is 1. The summed E-state index contributed by atoms with van der Waals surface area (Å²) < 4.78 is 18.1. The van der Waals surface area contributed by atoms with E-state index in [1.54, 1.807) is 50.7 Å². The number of aryl methyl sites for hydroxylation is 1. The average molecular weight is 465 g/mol. The number of halogens is 2. The van der Waals surface area contributed by atoms with E-state index in [4.69, 9.17) is 11.6 Å². The van der Waals surface area contributed by atoms with Crippen molar-refractivity contribution in [3.05, 3.63) is 82.8 Å². The Bertz CT molecular complexity index is 1480. The highest BCUT2D eigenvalue weighted by atomic mass is 35.5. The first-order chi connectivity index (χ1) is 15.9. The van der Waals surface area contributed by atoms with Gasteiger partial charge in [-0.15, -0.1) is 0 Å². The number of benzene rings is 1. The van der Waals surface area contributed by atoms with E-state index in [0.29, 0.717) is 12.2 Å². The zero-order chi connectivity index (χ0) is 23.1. The molecule has 1 N–H and O–H groups in total. The summed E-state index contributed by atoms with van der Waals surface area (Å²) in [5, 5.41) is 16.0. The molecule has 0 fully saturated rings. The maximum Gasteiger partial charge on any atom is 0.277 e. The summed E-state index contributed by atoms with van der Waals surface area (Å²) in [5.74, 6) is -0.575. The van der Waals surface area contributed by atoms with E-state index in [2.05, 4.69) is 25.6 Å². The van der Waals surface area contributed by atoms with Gasteiger partial charge in [0.05, 0.1) is 18.4 Å². The molecule has 0 atom stereocenters. The lowest BCUT2D eigenvalue weighted by Gasteiger charge is -2.04. The number of nitrogens with one attached hydrogen (secondary N) is 1. The third-order valence-corrected chi connectivity index (χ3v) is 5.59.